The Bertz CT molecular complexity index is 271. The van der Waals surface area contributed by atoms with Crippen LogP contribution in [0.4, 0.5) is 0 Å². The molecule has 0 spiro atoms. The number of amides is 1. The summed E-state index contributed by atoms with van der Waals surface area (Å²) in [5.41, 5.74) is 0. The third kappa shape index (κ3) is 3.12. The maximum Gasteiger partial charge on any atom is 0.228 e. The molecule has 3 rings (SSSR count). The number of carbonyl (C=O) groups is 1. The summed E-state index contributed by atoms with van der Waals surface area (Å²) in [5, 5.41) is 3.17. The Morgan fingerprint density at radius 3 is 2.24 bits per heavy atom. The van der Waals surface area contributed by atoms with Gasteiger partial charge in [0.1, 0.15) is 0 Å². The van der Waals surface area contributed by atoms with Crippen molar-refractivity contribution in [2.45, 2.75) is 12.8 Å². The first-order valence-corrected chi connectivity index (χ1v) is 6.55. The molecular weight excluding hydrogens is 238 g/mol. The van der Waals surface area contributed by atoms with E-state index in [1.807, 2.05) is 0 Å². The molecule has 0 aromatic carbocycles. The summed E-state index contributed by atoms with van der Waals surface area (Å²) in [6.07, 6.45) is 2.85. The fourth-order valence-electron chi connectivity index (χ4n) is 2.54. The van der Waals surface area contributed by atoms with E-state index in [-0.39, 0.29) is 18.3 Å². The Morgan fingerprint density at radius 2 is 1.76 bits per heavy atom. The molecule has 1 aliphatic carbocycles. The van der Waals surface area contributed by atoms with Gasteiger partial charge >= 0.3 is 0 Å². The molecule has 0 aromatic rings. The van der Waals surface area contributed by atoms with E-state index in [0.717, 1.165) is 45.2 Å². The Morgan fingerprint density at radius 1 is 1.12 bits per heavy atom. The maximum absolute atomic E-state index is 12.0. The third-order valence-electron chi connectivity index (χ3n) is 4.03. The van der Waals surface area contributed by atoms with Crippen LogP contribution in [0.15, 0.2) is 0 Å². The molecule has 4 nitrogen and oxygen atoms in total. The number of nitrogens with zero attached hydrogens (tertiary/aromatic N) is 2. The van der Waals surface area contributed by atoms with Crippen LogP contribution in [0.25, 0.3) is 0 Å². The van der Waals surface area contributed by atoms with Crippen molar-refractivity contribution in [2.24, 2.45) is 11.8 Å². The number of carbonyl (C=O) groups excluding carboxylic acids is 1. The van der Waals surface area contributed by atoms with Gasteiger partial charge in [0.25, 0.3) is 0 Å². The van der Waals surface area contributed by atoms with Crippen LogP contribution in [-0.4, -0.2) is 61.5 Å². The van der Waals surface area contributed by atoms with Crippen LogP contribution < -0.4 is 5.32 Å². The van der Waals surface area contributed by atoms with E-state index in [4.69, 9.17) is 0 Å². The van der Waals surface area contributed by atoms with Crippen LogP contribution in [0.3, 0.4) is 0 Å². The lowest BCUT2D eigenvalue weighted by molar-refractivity contribution is -0.138. The van der Waals surface area contributed by atoms with Crippen LogP contribution in [0.5, 0.6) is 0 Å². The van der Waals surface area contributed by atoms with Crippen molar-refractivity contribution in [3.8, 4) is 0 Å². The molecule has 3 aliphatic rings. The molecule has 0 radical (unpaired) electrons. The van der Waals surface area contributed by atoms with E-state index in [9.17, 15) is 4.79 Å². The van der Waals surface area contributed by atoms with Gasteiger partial charge in [0.15, 0.2) is 0 Å². The van der Waals surface area contributed by atoms with Gasteiger partial charge in [0.05, 0.1) is 5.92 Å². The van der Waals surface area contributed by atoms with Gasteiger partial charge in [-0.15, -0.1) is 12.4 Å². The van der Waals surface area contributed by atoms with Crippen molar-refractivity contribution in [2.75, 3.05) is 45.8 Å². The van der Waals surface area contributed by atoms with Crippen LogP contribution in [-0.2, 0) is 4.79 Å². The largest absolute Gasteiger partial charge is 0.340 e. The molecule has 1 N–H and O–H groups in total. The standard InChI is InChI=1S/C12H21N3O.ClH/c16-12(11-7-13-8-11)15-5-3-14(4-6-15)9-10-1-2-10;/h10-11,13H,1-9H2;1H. The van der Waals surface area contributed by atoms with Crippen molar-refractivity contribution in [3.63, 3.8) is 0 Å². The van der Waals surface area contributed by atoms with Crippen molar-refractivity contribution < 1.29 is 4.79 Å². The van der Waals surface area contributed by atoms with Gasteiger partial charge in [-0.3, -0.25) is 9.69 Å². The quantitative estimate of drug-likeness (QED) is 0.786. The molecule has 1 amide bonds. The molecule has 0 bridgehead atoms. The smallest absolute Gasteiger partial charge is 0.228 e. The summed E-state index contributed by atoms with van der Waals surface area (Å²) >= 11 is 0. The van der Waals surface area contributed by atoms with Crippen LogP contribution in [0.1, 0.15) is 12.8 Å². The van der Waals surface area contributed by atoms with Crippen LogP contribution in [0.2, 0.25) is 0 Å². The number of hydrogen-bond donors (Lipinski definition) is 1. The molecule has 0 aromatic heterocycles. The minimum atomic E-state index is 0. The second kappa shape index (κ2) is 5.55. The normalized spacial score (nSPS) is 26.2. The predicted molar refractivity (Wildman–Crippen MR) is 69.4 cm³/mol. The molecule has 98 valence electrons. The highest BCUT2D eigenvalue weighted by Crippen LogP contribution is 2.29. The summed E-state index contributed by atoms with van der Waals surface area (Å²) in [4.78, 5) is 16.6. The lowest BCUT2D eigenvalue weighted by atomic mass is 10.0. The van der Waals surface area contributed by atoms with Crippen LogP contribution in [0, 0.1) is 11.8 Å². The van der Waals surface area contributed by atoms with Gasteiger partial charge in [-0.2, -0.15) is 0 Å². The summed E-state index contributed by atoms with van der Waals surface area (Å²) in [5.74, 6) is 1.62. The van der Waals surface area contributed by atoms with E-state index in [2.05, 4.69) is 15.1 Å². The van der Waals surface area contributed by atoms with E-state index >= 15 is 0 Å². The minimum Gasteiger partial charge on any atom is -0.340 e. The molecule has 5 heteroatoms. The van der Waals surface area contributed by atoms with Crippen molar-refractivity contribution in [3.05, 3.63) is 0 Å². The van der Waals surface area contributed by atoms with Crippen LogP contribution >= 0.6 is 12.4 Å². The average Bonchev–Trinajstić information content (AvgIpc) is 3.00. The molecule has 1 saturated carbocycles. The number of nitrogens with one attached hydrogen (secondary N) is 1. The molecule has 2 aliphatic heterocycles. The topological polar surface area (TPSA) is 35.6 Å². The Labute approximate surface area is 109 Å². The first-order chi connectivity index (χ1) is 7.83. The Kier molecular flexibility index (Phi) is 4.28. The van der Waals surface area contributed by atoms with E-state index in [1.165, 1.54) is 19.4 Å². The fourth-order valence-corrected chi connectivity index (χ4v) is 2.54. The molecule has 3 fully saturated rings. The lowest BCUT2D eigenvalue weighted by Crippen LogP contribution is -2.56. The van der Waals surface area contributed by atoms with Gasteiger partial charge in [-0.25, -0.2) is 0 Å². The van der Waals surface area contributed by atoms with Gasteiger partial charge < -0.3 is 10.2 Å². The second-order valence-electron chi connectivity index (χ2n) is 5.42. The van der Waals surface area contributed by atoms with Crippen molar-refractivity contribution in [1.29, 1.82) is 0 Å². The minimum absolute atomic E-state index is 0. The van der Waals surface area contributed by atoms with Crippen molar-refractivity contribution in [1.82, 2.24) is 15.1 Å². The highest BCUT2D eigenvalue weighted by molar-refractivity contribution is 5.85. The first-order valence-electron chi connectivity index (χ1n) is 6.55. The summed E-state index contributed by atoms with van der Waals surface area (Å²) in [6, 6.07) is 0. The monoisotopic (exact) mass is 259 g/mol. The molecule has 0 atom stereocenters. The number of piperazine rings is 1. The summed E-state index contributed by atoms with van der Waals surface area (Å²) in [6.45, 7) is 7.12. The summed E-state index contributed by atoms with van der Waals surface area (Å²) < 4.78 is 0. The third-order valence-corrected chi connectivity index (χ3v) is 4.03. The molecule has 17 heavy (non-hydrogen) atoms. The van der Waals surface area contributed by atoms with Gasteiger partial charge in [-0.05, 0) is 18.8 Å². The average molecular weight is 260 g/mol. The first kappa shape index (κ1) is 13.1. The lowest BCUT2D eigenvalue weighted by Gasteiger charge is -2.38. The Hall–Kier alpha value is -0.320. The molecule has 2 heterocycles. The van der Waals surface area contributed by atoms with E-state index < -0.39 is 0 Å². The SMILES string of the molecule is Cl.O=C(C1CNC1)N1CCN(CC2CC2)CC1. The number of halogens is 1. The maximum atomic E-state index is 12.0. The zero-order valence-corrected chi connectivity index (χ0v) is 11.0. The number of hydrogen-bond acceptors (Lipinski definition) is 3. The highest BCUT2D eigenvalue weighted by Gasteiger charge is 2.32. The van der Waals surface area contributed by atoms with Gasteiger partial charge in [0, 0.05) is 45.8 Å². The van der Waals surface area contributed by atoms with Crippen molar-refractivity contribution >= 4 is 18.3 Å². The highest BCUT2D eigenvalue weighted by atomic mass is 35.5. The van der Waals surface area contributed by atoms with E-state index in [1.54, 1.807) is 0 Å². The molecule has 2 saturated heterocycles. The second-order valence-corrected chi connectivity index (χ2v) is 5.42. The molecule has 0 unspecified atom stereocenters. The summed E-state index contributed by atoms with van der Waals surface area (Å²) in [7, 11) is 0. The Balaban J connectivity index is 0.00000108. The predicted octanol–water partition coefficient (Wildman–Crippen LogP) is 0.182. The van der Waals surface area contributed by atoms with E-state index in [0.29, 0.717) is 5.91 Å². The molecular formula is C12H22ClN3O. The zero-order valence-electron chi connectivity index (χ0n) is 10.2. The van der Waals surface area contributed by atoms with Gasteiger partial charge in [0.2, 0.25) is 5.91 Å². The zero-order chi connectivity index (χ0) is 11.0. The number of rotatable bonds is 3. The fraction of sp³-hybridized carbons (Fsp3) is 0.917. The van der Waals surface area contributed by atoms with Gasteiger partial charge in [-0.1, -0.05) is 0 Å².